The predicted molar refractivity (Wildman–Crippen MR) is 71.8 cm³/mol. The van der Waals surface area contributed by atoms with E-state index in [9.17, 15) is 0 Å². The second-order valence-corrected chi connectivity index (χ2v) is 5.33. The Bertz CT molecular complexity index is 168. The monoisotopic (exact) mass is 226 g/mol. The molecule has 2 aliphatic rings. The van der Waals surface area contributed by atoms with Crippen LogP contribution in [0.4, 0.5) is 0 Å². The summed E-state index contributed by atoms with van der Waals surface area (Å²) in [6, 6.07) is 0.751. The van der Waals surface area contributed by atoms with Crippen molar-refractivity contribution in [3.05, 3.63) is 0 Å². The lowest BCUT2D eigenvalue weighted by atomic mass is 9.84. The van der Waals surface area contributed by atoms with Crippen LogP contribution in [0.1, 0.15) is 47.0 Å². The maximum absolute atomic E-state index is 3.37. The van der Waals surface area contributed by atoms with Crippen molar-refractivity contribution in [1.82, 2.24) is 10.2 Å². The van der Waals surface area contributed by atoms with Crippen LogP contribution in [0.25, 0.3) is 0 Å². The number of nitrogens with zero attached hydrogens (tertiary/aromatic N) is 1. The van der Waals surface area contributed by atoms with E-state index in [0.717, 1.165) is 17.9 Å². The summed E-state index contributed by atoms with van der Waals surface area (Å²) in [4.78, 5) is 2.62. The lowest BCUT2D eigenvalue weighted by molar-refractivity contribution is 0.129. The summed E-state index contributed by atoms with van der Waals surface area (Å²) in [6.45, 7) is 13.9. The highest BCUT2D eigenvalue weighted by atomic mass is 15.1. The molecule has 0 bridgehead atoms. The minimum Gasteiger partial charge on any atom is -0.316 e. The fraction of sp³-hybridized carbons (Fsp3) is 1.00. The molecule has 2 heteroatoms. The van der Waals surface area contributed by atoms with E-state index in [0.29, 0.717) is 0 Å². The van der Waals surface area contributed by atoms with Crippen LogP contribution in [-0.2, 0) is 0 Å². The lowest BCUT2D eigenvalue weighted by Gasteiger charge is -2.37. The van der Waals surface area contributed by atoms with Gasteiger partial charge in [-0.05, 0) is 71.1 Å². The fourth-order valence-electron chi connectivity index (χ4n) is 2.69. The summed E-state index contributed by atoms with van der Waals surface area (Å²) in [5.41, 5.74) is 0. The van der Waals surface area contributed by atoms with Crippen LogP contribution in [-0.4, -0.2) is 37.1 Å². The van der Waals surface area contributed by atoms with Crippen LogP contribution in [0.5, 0.6) is 0 Å². The molecule has 0 aromatic heterocycles. The normalized spacial score (nSPS) is 23.8. The van der Waals surface area contributed by atoms with Crippen LogP contribution in [0, 0.1) is 11.8 Å². The van der Waals surface area contributed by atoms with Crippen LogP contribution in [0.15, 0.2) is 0 Å². The highest BCUT2D eigenvalue weighted by Crippen LogP contribution is 2.26. The molecule has 0 aliphatic carbocycles. The van der Waals surface area contributed by atoms with Crippen LogP contribution in [0.2, 0.25) is 0 Å². The Labute approximate surface area is 102 Å². The van der Waals surface area contributed by atoms with Gasteiger partial charge >= 0.3 is 0 Å². The summed E-state index contributed by atoms with van der Waals surface area (Å²) >= 11 is 0. The molecule has 0 radical (unpaired) electrons. The van der Waals surface area contributed by atoms with Crippen molar-refractivity contribution in [2.45, 2.75) is 53.0 Å². The van der Waals surface area contributed by atoms with Crippen molar-refractivity contribution in [2.24, 2.45) is 11.8 Å². The quantitative estimate of drug-likeness (QED) is 0.796. The summed E-state index contributed by atoms with van der Waals surface area (Å²) < 4.78 is 0. The number of nitrogens with one attached hydrogen (secondary N) is 1. The molecule has 0 saturated carbocycles. The van der Waals surface area contributed by atoms with Gasteiger partial charge in [0.05, 0.1) is 0 Å². The molecular weight excluding hydrogens is 196 g/mol. The molecule has 0 spiro atoms. The minimum absolute atomic E-state index is 0.751. The first-order valence-electron chi connectivity index (χ1n) is 7.20. The molecule has 2 rings (SSSR count). The van der Waals surface area contributed by atoms with E-state index in [2.05, 4.69) is 24.1 Å². The topological polar surface area (TPSA) is 15.3 Å². The van der Waals surface area contributed by atoms with Crippen LogP contribution >= 0.6 is 0 Å². The average molecular weight is 226 g/mol. The molecule has 2 heterocycles. The van der Waals surface area contributed by atoms with Gasteiger partial charge in [0.1, 0.15) is 0 Å². The molecule has 1 N–H and O–H groups in total. The molecule has 0 aromatic rings. The van der Waals surface area contributed by atoms with E-state index >= 15 is 0 Å². The zero-order valence-electron chi connectivity index (χ0n) is 11.6. The molecule has 0 unspecified atom stereocenters. The first-order valence-corrected chi connectivity index (χ1v) is 7.20. The van der Waals surface area contributed by atoms with Gasteiger partial charge in [0.25, 0.3) is 0 Å². The van der Waals surface area contributed by atoms with Crippen molar-refractivity contribution in [1.29, 1.82) is 0 Å². The van der Waals surface area contributed by atoms with Gasteiger partial charge in [-0.2, -0.15) is 0 Å². The smallest absolute Gasteiger partial charge is 0.00385 e. The summed E-state index contributed by atoms with van der Waals surface area (Å²) in [5, 5.41) is 3.37. The van der Waals surface area contributed by atoms with Gasteiger partial charge in [-0.3, -0.25) is 0 Å². The number of likely N-dealkylation sites (tertiary alicyclic amines) is 1. The van der Waals surface area contributed by atoms with E-state index in [1.807, 2.05) is 13.8 Å². The molecule has 16 heavy (non-hydrogen) atoms. The van der Waals surface area contributed by atoms with Crippen molar-refractivity contribution < 1.29 is 0 Å². The third-order valence-corrected chi connectivity index (χ3v) is 3.91. The molecule has 2 aliphatic heterocycles. The van der Waals surface area contributed by atoms with Crippen molar-refractivity contribution in [3.63, 3.8) is 0 Å². The largest absolute Gasteiger partial charge is 0.316 e. The maximum atomic E-state index is 3.37. The van der Waals surface area contributed by atoms with Crippen LogP contribution < -0.4 is 5.32 Å². The molecule has 2 fully saturated rings. The molecule has 0 amide bonds. The van der Waals surface area contributed by atoms with E-state index in [1.165, 1.54) is 45.4 Å². The van der Waals surface area contributed by atoms with Gasteiger partial charge in [-0.15, -0.1) is 0 Å². The fourth-order valence-corrected chi connectivity index (χ4v) is 2.69. The van der Waals surface area contributed by atoms with E-state index in [-0.39, 0.29) is 0 Å². The summed E-state index contributed by atoms with van der Waals surface area (Å²) in [6.07, 6.45) is 4.36. The van der Waals surface area contributed by atoms with Crippen molar-refractivity contribution >= 4 is 0 Å². The molecule has 96 valence electrons. The predicted octanol–water partition coefficient (Wildman–Crippen LogP) is 2.74. The highest BCUT2D eigenvalue weighted by Gasteiger charge is 2.25. The number of hydrogen-bond donors (Lipinski definition) is 1. The number of piperidine rings is 1. The molecule has 0 aromatic carbocycles. The third kappa shape index (κ3) is 4.06. The van der Waals surface area contributed by atoms with Gasteiger partial charge in [0, 0.05) is 6.04 Å². The van der Waals surface area contributed by atoms with Gasteiger partial charge in [-0.25, -0.2) is 0 Å². The summed E-state index contributed by atoms with van der Waals surface area (Å²) in [5.74, 6) is 2.03. The second kappa shape index (κ2) is 7.29. The third-order valence-electron chi connectivity index (χ3n) is 3.91. The van der Waals surface area contributed by atoms with Crippen molar-refractivity contribution in [2.75, 3.05) is 26.2 Å². The zero-order chi connectivity index (χ0) is 12.0. The highest BCUT2D eigenvalue weighted by molar-refractivity contribution is 4.81. The molecular formula is C14H30N2. The average Bonchev–Trinajstić information content (AvgIpc) is 2.27. The standard InChI is InChI=1S/C12H24N2.C2H6/c1-10(2)14-5-3-11(4-6-14)7-12-8-13-9-12;1-2/h10-13H,3-9H2,1-2H3;1-2H3. The van der Waals surface area contributed by atoms with Crippen molar-refractivity contribution in [3.8, 4) is 0 Å². The number of rotatable bonds is 3. The van der Waals surface area contributed by atoms with Crippen LogP contribution in [0.3, 0.4) is 0 Å². The zero-order valence-corrected chi connectivity index (χ0v) is 11.6. The SMILES string of the molecule is CC.CC(C)N1CCC(CC2CNC2)CC1. The first-order chi connectivity index (χ1) is 7.75. The van der Waals surface area contributed by atoms with E-state index < -0.39 is 0 Å². The summed E-state index contributed by atoms with van der Waals surface area (Å²) in [7, 11) is 0. The maximum Gasteiger partial charge on any atom is 0.00385 e. The molecule has 2 nitrogen and oxygen atoms in total. The Kier molecular flexibility index (Phi) is 6.37. The van der Waals surface area contributed by atoms with Gasteiger partial charge in [0.15, 0.2) is 0 Å². The van der Waals surface area contributed by atoms with Gasteiger partial charge in [-0.1, -0.05) is 13.8 Å². The van der Waals surface area contributed by atoms with Gasteiger partial charge < -0.3 is 10.2 Å². The Morgan fingerprint density at radius 3 is 2.00 bits per heavy atom. The van der Waals surface area contributed by atoms with E-state index in [1.54, 1.807) is 0 Å². The Balaban J connectivity index is 0.000000606. The molecule has 0 atom stereocenters. The minimum atomic E-state index is 0.751. The first kappa shape index (κ1) is 14.0. The Hall–Kier alpha value is -0.0800. The molecule has 2 saturated heterocycles. The Morgan fingerprint density at radius 1 is 1.06 bits per heavy atom. The van der Waals surface area contributed by atoms with Gasteiger partial charge in [0.2, 0.25) is 0 Å². The second-order valence-electron chi connectivity index (χ2n) is 5.33. The van der Waals surface area contributed by atoms with E-state index in [4.69, 9.17) is 0 Å². The number of hydrogen-bond acceptors (Lipinski definition) is 2. The lowest BCUT2D eigenvalue weighted by Crippen LogP contribution is -2.44. The Morgan fingerprint density at radius 2 is 1.62 bits per heavy atom.